The average molecular weight is 343 g/mol. The molecular weight excluding hydrogens is 318 g/mol. The van der Waals surface area contributed by atoms with E-state index in [0.717, 1.165) is 31.7 Å². The van der Waals surface area contributed by atoms with Crippen LogP contribution in [0.25, 0.3) is 0 Å². The molecule has 0 atom stereocenters. The lowest BCUT2D eigenvalue weighted by Gasteiger charge is -2.22. The molecule has 0 bridgehead atoms. The molecule has 0 fully saturated rings. The van der Waals surface area contributed by atoms with E-state index < -0.39 is 0 Å². The van der Waals surface area contributed by atoms with Crippen molar-refractivity contribution in [2.24, 2.45) is 0 Å². The minimum atomic E-state index is -0.381. The molecule has 0 saturated carbocycles. The fourth-order valence-electron chi connectivity index (χ4n) is 2.48. The third kappa shape index (κ3) is 5.14. The molecule has 2 rings (SSSR count). The van der Waals surface area contributed by atoms with Gasteiger partial charge in [0.1, 0.15) is 0 Å². The Morgan fingerprint density at radius 3 is 2.56 bits per heavy atom. The van der Waals surface area contributed by atoms with Gasteiger partial charge in [0, 0.05) is 13.1 Å². The normalized spacial score (nSPS) is 10.4. The summed E-state index contributed by atoms with van der Waals surface area (Å²) in [4.78, 5) is 18.8. The van der Waals surface area contributed by atoms with Crippen molar-refractivity contribution >= 4 is 23.4 Å². The number of carbonyl (C=O) groups excluding carboxylic acids is 1. The number of nitrogens with zero attached hydrogens (tertiary/aromatic N) is 4. The summed E-state index contributed by atoms with van der Waals surface area (Å²) in [5.41, 5.74) is 1.04. The van der Waals surface area contributed by atoms with Crippen LogP contribution in [0, 0.1) is 0 Å². The van der Waals surface area contributed by atoms with Crippen LogP contribution in [0.3, 0.4) is 0 Å². The number of benzene rings is 1. The minimum Gasteiger partial charge on any atom is -0.462 e. The van der Waals surface area contributed by atoms with Gasteiger partial charge in [0.05, 0.1) is 24.1 Å². The topological polar surface area (TPSA) is 80.2 Å². The Balaban J connectivity index is 2.24. The Morgan fingerprint density at radius 1 is 1.16 bits per heavy atom. The molecule has 0 radical (unpaired) electrons. The van der Waals surface area contributed by atoms with Crippen LogP contribution in [-0.4, -0.2) is 40.8 Å². The van der Waals surface area contributed by atoms with Crippen molar-refractivity contribution in [3.05, 3.63) is 36.0 Å². The highest BCUT2D eigenvalue weighted by molar-refractivity contribution is 5.96. The molecule has 0 aliphatic carbocycles. The molecule has 2 aromatic rings. The summed E-state index contributed by atoms with van der Waals surface area (Å²) in [5.74, 6) is 0.745. The van der Waals surface area contributed by atoms with Gasteiger partial charge in [-0.2, -0.15) is 10.1 Å². The molecule has 1 aromatic carbocycles. The van der Waals surface area contributed by atoms with Gasteiger partial charge in [-0.3, -0.25) is 0 Å². The lowest BCUT2D eigenvalue weighted by atomic mass is 10.2. The molecule has 0 amide bonds. The van der Waals surface area contributed by atoms with E-state index in [1.165, 1.54) is 0 Å². The Kier molecular flexibility index (Phi) is 7.13. The summed E-state index contributed by atoms with van der Waals surface area (Å²) < 4.78 is 5.09. The van der Waals surface area contributed by atoms with Gasteiger partial charge < -0.3 is 15.0 Å². The van der Waals surface area contributed by atoms with Crippen LogP contribution in [0.2, 0.25) is 0 Å². The molecular formula is C18H25N5O2. The fourth-order valence-corrected chi connectivity index (χ4v) is 2.48. The van der Waals surface area contributed by atoms with Gasteiger partial charge in [0.25, 0.3) is 0 Å². The van der Waals surface area contributed by atoms with Crippen LogP contribution >= 0.6 is 0 Å². The zero-order valence-electron chi connectivity index (χ0n) is 15.0. The van der Waals surface area contributed by atoms with Gasteiger partial charge in [0.2, 0.25) is 5.95 Å². The van der Waals surface area contributed by atoms with Crippen LogP contribution < -0.4 is 10.2 Å². The second kappa shape index (κ2) is 9.56. The molecule has 0 aliphatic heterocycles. The number of carbonyl (C=O) groups is 1. The summed E-state index contributed by atoms with van der Waals surface area (Å²) in [7, 11) is 0. The molecule has 7 nitrogen and oxygen atoms in total. The van der Waals surface area contributed by atoms with E-state index >= 15 is 0 Å². The van der Waals surface area contributed by atoms with Crippen molar-refractivity contribution in [3.63, 3.8) is 0 Å². The number of anilines is 3. The monoisotopic (exact) mass is 343 g/mol. The zero-order chi connectivity index (χ0) is 18.1. The molecule has 0 saturated heterocycles. The van der Waals surface area contributed by atoms with Gasteiger partial charge in [-0.05, 0) is 31.9 Å². The molecule has 1 aromatic heterocycles. The van der Waals surface area contributed by atoms with Gasteiger partial charge in [0.15, 0.2) is 5.82 Å². The van der Waals surface area contributed by atoms with Crippen LogP contribution in [0.15, 0.2) is 30.5 Å². The molecule has 134 valence electrons. The van der Waals surface area contributed by atoms with Gasteiger partial charge in [-0.1, -0.05) is 26.0 Å². The number of ether oxygens (including phenoxy) is 1. The van der Waals surface area contributed by atoms with Gasteiger partial charge in [-0.15, -0.1) is 5.10 Å². The van der Waals surface area contributed by atoms with Crippen LogP contribution in [0.4, 0.5) is 17.5 Å². The molecule has 0 aliphatic rings. The predicted octanol–water partition coefficient (Wildman–Crippen LogP) is 3.42. The second-order valence-electron chi connectivity index (χ2n) is 5.52. The van der Waals surface area contributed by atoms with Crippen molar-refractivity contribution in [3.8, 4) is 0 Å². The average Bonchev–Trinajstić information content (AvgIpc) is 2.62. The van der Waals surface area contributed by atoms with Crippen LogP contribution in [0.5, 0.6) is 0 Å². The molecule has 1 N–H and O–H groups in total. The standard InChI is InChI=1S/C18H25N5O2/c1-4-11-23(12-5-2)16-13-19-22-18(21-16)20-15-10-8-7-9-14(15)17(24)25-6-3/h7-10,13H,4-6,11-12H2,1-3H3,(H,20,21,22). The first kappa shape index (κ1) is 18.6. The third-order valence-electron chi connectivity index (χ3n) is 3.53. The molecule has 0 unspecified atom stereocenters. The highest BCUT2D eigenvalue weighted by atomic mass is 16.5. The summed E-state index contributed by atoms with van der Waals surface area (Å²) in [6.07, 6.45) is 3.71. The van der Waals surface area contributed by atoms with Crippen LogP contribution in [0.1, 0.15) is 44.0 Å². The van der Waals surface area contributed by atoms with E-state index in [9.17, 15) is 4.79 Å². The Labute approximate surface area is 148 Å². The zero-order valence-corrected chi connectivity index (χ0v) is 15.0. The predicted molar refractivity (Wildman–Crippen MR) is 98.3 cm³/mol. The Hall–Kier alpha value is -2.70. The first-order chi connectivity index (χ1) is 12.2. The number of esters is 1. The number of para-hydroxylation sites is 1. The van der Waals surface area contributed by atoms with Crippen molar-refractivity contribution in [1.29, 1.82) is 0 Å². The fraction of sp³-hybridized carbons (Fsp3) is 0.444. The van der Waals surface area contributed by atoms with E-state index in [0.29, 0.717) is 23.8 Å². The van der Waals surface area contributed by atoms with E-state index in [4.69, 9.17) is 4.74 Å². The van der Waals surface area contributed by atoms with E-state index in [1.54, 1.807) is 31.3 Å². The molecule has 0 spiro atoms. The lowest BCUT2D eigenvalue weighted by molar-refractivity contribution is 0.0527. The lowest BCUT2D eigenvalue weighted by Crippen LogP contribution is -2.26. The number of hydrogen-bond donors (Lipinski definition) is 1. The highest BCUT2D eigenvalue weighted by Crippen LogP contribution is 2.20. The molecule has 25 heavy (non-hydrogen) atoms. The number of rotatable bonds is 9. The minimum absolute atomic E-state index is 0.323. The quantitative estimate of drug-likeness (QED) is 0.699. The van der Waals surface area contributed by atoms with Crippen LogP contribution in [-0.2, 0) is 4.74 Å². The van der Waals surface area contributed by atoms with Crippen molar-refractivity contribution < 1.29 is 9.53 Å². The summed E-state index contributed by atoms with van der Waals surface area (Å²) in [5, 5.41) is 11.2. The molecule has 7 heteroatoms. The first-order valence-electron chi connectivity index (χ1n) is 8.67. The summed E-state index contributed by atoms with van der Waals surface area (Å²) in [6, 6.07) is 7.12. The number of nitrogens with one attached hydrogen (secondary N) is 1. The third-order valence-corrected chi connectivity index (χ3v) is 3.53. The second-order valence-corrected chi connectivity index (χ2v) is 5.52. The Morgan fingerprint density at radius 2 is 1.88 bits per heavy atom. The van der Waals surface area contributed by atoms with Gasteiger partial charge >= 0.3 is 5.97 Å². The van der Waals surface area contributed by atoms with E-state index in [1.807, 2.05) is 6.07 Å². The van der Waals surface area contributed by atoms with Crippen molar-refractivity contribution in [2.75, 3.05) is 29.9 Å². The maximum atomic E-state index is 12.1. The number of aromatic nitrogens is 3. The smallest absolute Gasteiger partial charge is 0.340 e. The van der Waals surface area contributed by atoms with E-state index in [-0.39, 0.29) is 5.97 Å². The van der Waals surface area contributed by atoms with Crippen molar-refractivity contribution in [2.45, 2.75) is 33.6 Å². The Bertz CT molecular complexity index is 687. The maximum Gasteiger partial charge on any atom is 0.340 e. The first-order valence-corrected chi connectivity index (χ1v) is 8.67. The van der Waals surface area contributed by atoms with Gasteiger partial charge in [-0.25, -0.2) is 4.79 Å². The summed E-state index contributed by atoms with van der Waals surface area (Å²) in [6.45, 7) is 8.18. The number of hydrogen-bond acceptors (Lipinski definition) is 7. The maximum absolute atomic E-state index is 12.1. The SMILES string of the molecule is CCCN(CCC)c1cnnc(Nc2ccccc2C(=O)OCC)n1. The highest BCUT2D eigenvalue weighted by Gasteiger charge is 2.14. The largest absolute Gasteiger partial charge is 0.462 e. The summed E-state index contributed by atoms with van der Waals surface area (Å²) >= 11 is 0. The van der Waals surface area contributed by atoms with Crippen molar-refractivity contribution in [1.82, 2.24) is 15.2 Å². The molecule has 1 heterocycles. The van der Waals surface area contributed by atoms with E-state index in [2.05, 4.69) is 39.2 Å².